The van der Waals surface area contributed by atoms with E-state index in [1.165, 1.54) is 38.5 Å². The van der Waals surface area contributed by atoms with Gasteiger partial charge in [-0.2, -0.15) is 0 Å². The molecule has 2 aliphatic carbocycles. The van der Waals surface area contributed by atoms with Crippen molar-refractivity contribution < 1.29 is 15.0 Å². The summed E-state index contributed by atoms with van der Waals surface area (Å²) in [5, 5.41) is 17.1. The Labute approximate surface area is 85.1 Å². The average Bonchev–Trinajstić information content (AvgIpc) is 2.01. The molecule has 0 aromatic heterocycles. The molecule has 3 nitrogen and oxygen atoms in total. The maximum atomic E-state index is 9.69. The number of hydrogen-bond acceptors (Lipinski definition) is 2. The SMILES string of the molecule is CC(=O)O.OC1C2CCCC1CCC2. The Kier molecular flexibility index (Phi) is 4.39. The van der Waals surface area contributed by atoms with E-state index in [0.717, 1.165) is 6.92 Å². The molecule has 0 amide bonds. The van der Waals surface area contributed by atoms with E-state index in [-0.39, 0.29) is 6.10 Å². The maximum absolute atomic E-state index is 9.69. The van der Waals surface area contributed by atoms with Crippen molar-refractivity contribution in [3.63, 3.8) is 0 Å². The Morgan fingerprint density at radius 2 is 1.36 bits per heavy atom. The van der Waals surface area contributed by atoms with Gasteiger partial charge in [-0.3, -0.25) is 4.79 Å². The third kappa shape index (κ3) is 3.29. The summed E-state index contributed by atoms with van der Waals surface area (Å²) in [6, 6.07) is 0. The summed E-state index contributed by atoms with van der Waals surface area (Å²) >= 11 is 0. The molecule has 2 bridgehead atoms. The highest BCUT2D eigenvalue weighted by Crippen LogP contribution is 2.39. The second-order valence-electron chi connectivity index (χ2n) is 4.39. The monoisotopic (exact) mass is 200 g/mol. The number of rotatable bonds is 0. The Hall–Kier alpha value is -0.570. The van der Waals surface area contributed by atoms with Crippen LogP contribution in [0.3, 0.4) is 0 Å². The highest BCUT2D eigenvalue weighted by atomic mass is 16.4. The summed E-state index contributed by atoms with van der Waals surface area (Å²) in [7, 11) is 0. The highest BCUT2D eigenvalue weighted by Gasteiger charge is 2.34. The van der Waals surface area contributed by atoms with Crippen LogP contribution in [0.1, 0.15) is 45.4 Å². The molecule has 2 N–H and O–H groups in total. The molecule has 0 spiro atoms. The smallest absolute Gasteiger partial charge is 0.300 e. The molecule has 0 saturated heterocycles. The Bertz CT molecular complexity index is 165. The van der Waals surface area contributed by atoms with E-state index in [1.807, 2.05) is 0 Å². The lowest BCUT2D eigenvalue weighted by atomic mass is 9.70. The van der Waals surface area contributed by atoms with Crippen LogP contribution >= 0.6 is 0 Å². The van der Waals surface area contributed by atoms with Gasteiger partial charge in [0.15, 0.2) is 0 Å². The quantitative estimate of drug-likeness (QED) is 0.629. The van der Waals surface area contributed by atoms with Gasteiger partial charge in [0.1, 0.15) is 0 Å². The maximum Gasteiger partial charge on any atom is 0.300 e. The molecule has 82 valence electrons. The molecule has 0 heterocycles. The first kappa shape index (κ1) is 11.5. The van der Waals surface area contributed by atoms with Crippen LogP contribution in [0.4, 0.5) is 0 Å². The van der Waals surface area contributed by atoms with Crippen LogP contribution < -0.4 is 0 Å². The van der Waals surface area contributed by atoms with Gasteiger partial charge in [-0.15, -0.1) is 0 Å². The Morgan fingerprint density at radius 1 is 1.07 bits per heavy atom. The number of fused-ring (bicyclic) bond motifs is 2. The van der Waals surface area contributed by atoms with E-state index >= 15 is 0 Å². The lowest BCUT2D eigenvalue weighted by Crippen LogP contribution is -2.36. The fourth-order valence-electron chi connectivity index (χ4n) is 2.64. The Morgan fingerprint density at radius 3 is 1.57 bits per heavy atom. The molecule has 2 aliphatic rings. The van der Waals surface area contributed by atoms with Crippen molar-refractivity contribution in [1.82, 2.24) is 0 Å². The molecule has 0 aliphatic heterocycles. The molecule has 2 saturated carbocycles. The van der Waals surface area contributed by atoms with Gasteiger partial charge in [-0.05, 0) is 37.5 Å². The first-order valence-corrected chi connectivity index (χ1v) is 5.49. The zero-order chi connectivity index (χ0) is 10.6. The number of carbonyl (C=O) groups is 1. The summed E-state index contributed by atoms with van der Waals surface area (Å²) in [5.74, 6) is 0.514. The standard InChI is InChI=1S/C9H16O.C2H4O2/c10-9-7-3-1-4-8(9)6-2-5-7;1-2(3)4/h7-10H,1-6H2;1H3,(H,3,4). The molecule has 0 radical (unpaired) electrons. The number of aliphatic hydroxyl groups is 1. The third-order valence-electron chi connectivity index (χ3n) is 3.27. The van der Waals surface area contributed by atoms with E-state index in [2.05, 4.69) is 0 Å². The first-order chi connectivity index (χ1) is 6.61. The van der Waals surface area contributed by atoms with Crippen molar-refractivity contribution in [2.45, 2.75) is 51.6 Å². The summed E-state index contributed by atoms with van der Waals surface area (Å²) in [6.07, 6.45) is 7.96. The van der Waals surface area contributed by atoms with Crippen LogP contribution in [-0.4, -0.2) is 22.3 Å². The molecule has 2 rings (SSSR count). The van der Waals surface area contributed by atoms with Gasteiger partial charge >= 0.3 is 0 Å². The normalized spacial score (nSPS) is 35.4. The molecule has 3 heteroatoms. The number of aliphatic carboxylic acids is 1. The van der Waals surface area contributed by atoms with Gasteiger partial charge < -0.3 is 10.2 Å². The molecule has 2 fully saturated rings. The van der Waals surface area contributed by atoms with E-state index in [1.54, 1.807) is 0 Å². The van der Waals surface area contributed by atoms with Crippen LogP contribution in [0.2, 0.25) is 0 Å². The lowest BCUT2D eigenvalue weighted by molar-refractivity contribution is -0.134. The number of hydrogen-bond donors (Lipinski definition) is 2. The number of carboxylic acids is 1. The van der Waals surface area contributed by atoms with E-state index in [4.69, 9.17) is 9.90 Å². The van der Waals surface area contributed by atoms with Crippen LogP contribution in [0, 0.1) is 11.8 Å². The van der Waals surface area contributed by atoms with Crippen molar-refractivity contribution in [3.8, 4) is 0 Å². The topological polar surface area (TPSA) is 57.5 Å². The van der Waals surface area contributed by atoms with Crippen LogP contribution in [0.25, 0.3) is 0 Å². The van der Waals surface area contributed by atoms with Gasteiger partial charge in [0.2, 0.25) is 0 Å². The van der Waals surface area contributed by atoms with E-state index in [9.17, 15) is 5.11 Å². The number of aliphatic hydroxyl groups excluding tert-OH is 1. The van der Waals surface area contributed by atoms with Gasteiger partial charge in [-0.1, -0.05) is 12.8 Å². The van der Waals surface area contributed by atoms with Crippen molar-refractivity contribution >= 4 is 5.97 Å². The third-order valence-corrected chi connectivity index (χ3v) is 3.27. The molecule has 0 aromatic rings. The highest BCUT2D eigenvalue weighted by molar-refractivity contribution is 5.62. The van der Waals surface area contributed by atoms with Crippen LogP contribution in [-0.2, 0) is 4.79 Å². The molecular formula is C11H20O3. The van der Waals surface area contributed by atoms with Crippen LogP contribution in [0.5, 0.6) is 0 Å². The van der Waals surface area contributed by atoms with Gasteiger partial charge in [0.05, 0.1) is 6.10 Å². The second kappa shape index (κ2) is 5.35. The molecule has 0 unspecified atom stereocenters. The second-order valence-corrected chi connectivity index (χ2v) is 4.39. The first-order valence-electron chi connectivity index (χ1n) is 5.49. The van der Waals surface area contributed by atoms with Gasteiger partial charge in [-0.25, -0.2) is 0 Å². The predicted octanol–water partition coefficient (Wildman–Crippen LogP) is 2.04. The van der Waals surface area contributed by atoms with E-state index < -0.39 is 5.97 Å². The summed E-state index contributed by atoms with van der Waals surface area (Å²) in [4.78, 5) is 9.00. The predicted molar refractivity (Wildman–Crippen MR) is 54.0 cm³/mol. The number of carboxylic acid groups (broad SMARTS) is 1. The van der Waals surface area contributed by atoms with E-state index in [0.29, 0.717) is 11.8 Å². The summed E-state index contributed by atoms with van der Waals surface area (Å²) in [5.41, 5.74) is 0. The average molecular weight is 200 g/mol. The minimum Gasteiger partial charge on any atom is -0.481 e. The zero-order valence-electron chi connectivity index (χ0n) is 8.78. The minimum absolute atomic E-state index is 0.0718. The van der Waals surface area contributed by atoms with Crippen molar-refractivity contribution in [3.05, 3.63) is 0 Å². The fraction of sp³-hybridized carbons (Fsp3) is 0.909. The Balaban J connectivity index is 0.000000213. The molecule has 0 aromatic carbocycles. The fourth-order valence-corrected chi connectivity index (χ4v) is 2.64. The largest absolute Gasteiger partial charge is 0.481 e. The van der Waals surface area contributed by atoms with Gasteiger partial charge in [0, 0.05) is 6.92 Å². The minimum atomic E-state index is -0.833. The van der Waals surface area contributed by atoms with Crippen molar-refractivity contribution in [1.29, 1.82) is 0 Å². The zero-order valence-corrected chi connectivity index (χ0v) is 8.78. The van der Waals surface area contributed by atoms with Crippen molar-refractivity contribution in [2.24, 2.45) is 11.8 Å². The van der Waals surface area contributed by atoms with Crippen LogP contribution in [0.15, 0.2) is 0 Å². The van der Waals surface area contributed by atoms with Crippen molar-refractivity contribution in [2.75, 3.05) is 0 Å². The lowest BCUT2D eigenvalue weighted by Gasteiger charge is -2.39. The molecule has 14 heavy (non-hydrogen) atoms. The molecule has 0 atom stereocenters. The summed E-state index contributed by atoms with van der Waals surface area (Å²) in [6.45, 7) is 1.08. The molecular weight excluding hydrogens is 180 g/mol. The summed E-state index contributed by atoms with van der Waals surface area (Å²) < 4.78 is 0. The van der Waals surface area contributed by atoms with Gasteiger partial charge in [0.25, 0.3) is 5.97 Å².